The molecule has 4 aromatic carbocycles. The molecule has 4 aromatic rings. The molecule has 0 spiro atoms. The molecule has 0 N–H and O–H groups in total. The van der Waals surface area contributed by atoms with Crippen LogP contribution < -0.4 is 0 Å². The maximum absolute atomic E-state index is 13.3. The predicted molar refractivity (Wildman–Crippen MR) is 142 cm³/mol. The van der Waals surface area contributed by atoms with E-state index in [0.717, 1.165) is 11.1 Å². The van der Waals surface area contributed by atoms with Gasteiger partial charge in [0, 0.05) is 22.3 Å². The first-order valence-corrected chi connectivity index (χ1v) is 12.0. The van der Waals surface area contributed by atoms with Crippen LogP contribution in [0.25, 0.3) is 0 Å². The summed E-state index contributed by atoms with van der Waals surface area (Å²) in [6, 6.07) is 23.8. The van der Waals surface area contributed by atoms with Crippen LogP contribution in [0.3, 0.4) is 0 Å². The highest BCUT2D eigenvalue weighted by Gasteiger charge is 2.27. The van der Waals surface area contributed by atoms with E-state index < -0.39 is 11.9 Å². The fourth-order valence-corrected chi connectivity index (χ4v) is 4.36. The largest absolute Gasteiger partial charge is 0.387 e. The molecule has 0 saturated carbocycles. The van der Waals surface area contributed by atoms with E-state index in [1.807, 2.05) is 12.1 Å². The topological polar surface area (TPSA) is 86.7 Å². The summed E-state index contributed by atoms with van der Waals surface area (Å²) >= 11 is 0. The van der Waals surface area contributed by atoms with Gasteiger partial charge < -0.3 is 0 Å². The second kappa shape index (κ2) is 11.0. The zero-order chi connectivity index (χ0) is 27.4. The normalized spacial score (nSPS) is 10.5. The van der Waals surface area contributed by atoms with Gasteiger partial charge in [-0.1, -0.05) is 84.9 Å². The summed E-state index contributed by atoms with van der Waals surface area (Å²) in [6.07, 6.45) is 0. The zero-order valence-corrected chi connectivity index (χ0v) is 21.5. The Hall–Kier alpha value is -4.84. The van der Waals surface area contributed by atoms with Crippen LogP contribution in [0.1, 0.15) is 74.8 Å². The van der Waals surface area contributed by atoms with Crippen LogP contribution in [0.2, 0.25) is 0 Å². The van der Waals surface area contributed by atoms with Gasteiger partial charge in [0.25, 0.3) is 0 Å². The molecular formula is C32H26O6. The fraction of sp³-hybridized carbons (Fsp3) is 0.125. The standard InChI is InChI=1S/C32H26O6/c1-19-11-5-7-15-23(19)29(33)25-17-9-13-21(3)27(25)31(35)37-38-32(36)28-22(4)14-10-18-26(28)30(34)24-16-8-6-12-20(24)2/h5-18H,1-4H3. The highest BCUT2D eigenvalue weighted by molar-refractivity contribution is 6.16. The van der Waals surface area contributed by atoms with E-state index in [9.17, 15) is 19.2 Å². The summed E-state index contributed by atoms with van der Waals surface area (Å²) in [5.74, 6) is -2.69. The molecule has 0 fully saturated rings. The monoisotopic (exact) mass is 506 g/mol. The van der Waals surface area contributed by atoms with Crippen LogP contribution in [0.4, 0.5) is 0 Å². The first-order valence-electron chi connectivity index (χ1n) is 12.0. The molecule has 0 atom stereocenters. The van der Waals surface area contributed by atoms with Gasteiger partial charge in [-0.3, -0.25) is 9.59 Å². The van der Waals surface area contributed by atoms with Gasteiger partial charge >= 0.3 is 11.9 Å². The van der Waals surface area contributed by atoms with E-state index in [4.69, 9.17) is 9.78 Å². The third-order valence-electron chi connectivity index (χ3n) is 6.42. The lowest BCUT2D eigenvalue weighted by Crippen LogP contribution is -2.19. The number of carbonyl (C=O) groups is 4. The lowest BCUT2D eigenvalue weighted by Gasteiger charge is -2.13. The first kappa shape index (κ1) is 26.2. The Bertz CT molecular complexity index is 1460. The molecule has 4 rings (SSSR count). The molecule has 38 heavy (non-hydrogen) atoms. The van der Waals surface area contributed by atoms with Crippen molar-refractivity contribution in [2.75, 3.05) is 0 Å². The Balaban J connectivity index is 1.61. The maximum atomic E-state index is 13.3. The molecule has 0 amide bonds. The molecule has 0 heterocycles. The van der Waals surface area contributed by atoms with Crippen LogP contribution in [-0.4, -0.2) is 23.5 Å². The maximum Gasteiger partial charge on any atom is 0.387 e. The Morgan fingerprint density at radius 3 is 1.11 bits per heavy atom. The van der Waals surface area contributed by atoms with Crippen molar-refractivity contribution < 1.29 is 29.0 Å². The molecule has 0 bridgehead atoms. The minimum Gasteiger partial charge on any atom is -0.289 e. The molecule has 190 valence electrons. The summed E-state index contributed by atoms with van der Waals surface area (Å²) in [5, 5.41) is 0. The van der Waals surface area contributed by atoms with Crippen molar-refractivity contribution in [1.82, 2.24) is 0 Å². The van der Waals surface area contributed by atoms with Crippen molar-refractivity contribution in [3.63, 3.8) is 0 Å². The molecule has 0 saturated heterocycles. The second-order valence-electron chi connectivity index (χ2n) is 9.02. The van der Waals surface area contributed by atoms with Gasteiger partial charge in [-0.25, -0.2) is 19.4 Å². The van der Waals surface area contributed by atoms with Gasteiger partial charge in [-0.05, 0) is 49.9 Å². The summed E-state index contributed by atoms with van der Waals surface area (Å²) in [7, 11) is 0. The highest BCUT2D eigenvalue weighted by Crippen LogP contribution is 2.24. The SMILES string of the molecule is Cc1ccccc1C(=O)c1cccc(C)c1C(=O)OOC(=O)c1c(C)cccc1C(=O)c1ccccc1C. The van der Waals surface area contributed by atoms with E-state index >= 15 is 0 Å². The van der Waals surface area contributed by atoms with Crippen molar-refractivity contribution in [1.29, 1.82) is 0 Å². The van der Waals surface area contributed by atoms with Gasteiger partial charge in [0.05, 0.1) is 11.1 Å². The smallest absolute Gasteiger partial charge is 0.289 e. The zero-order valence-electron chi connectivity index (χ0n) is 21.5. The molecule has 0 aliphatic heterocycles. The molecule has 0 aliphatic rings. The van der Waals surface area contributed by atoms with E-state index in [0.29, 0.717) is 22.3 Å². The van der Waals surface area contributed by atoms with Crippen LogP contribution >= 0.6 is 0 Å². The average Bonchev–Trinajstić information content (AvgIpc) is 2.91. The third-order valence-corrected chi connectivity index (χ3v) is 6.42. The number of benzene rings is 4. The minimum atomic E-state index is -0.992. The first-order chi connectivity index (χ1) is 18.2. The van der Waals surface area contributed by atoms with Crippen LogP contribution in [0.15, 0.2) is 84.9 Å². The molecule has 0 radical (unpaired) electrons. The summed E-state index contributed by atoms with van der Waals surface area (Å²) < 4.78 is 0. The van der Waals surface area contributed by atoms with Crippen molar-refractivity contribution in [2.45, 2.75) is 27.7 Å². The van der Waals surface area contributed by atoms with Gasteiger partial charge in [0.15, 0.2) is 11.6 Å². The van der Waals surface area contributed by atoms with E-state index in [-0.39, 0.29) is 33.8 Å². The van der Waals surface area contributed by atoms with Gasteiger partial charge in [0.2, 0.25) is 0 Å². The third kappa shape index (κ3) is 5.15. The number of hydrogen-bond donors (Lipinski definition) is 0. The number of hydrogen-bond acceptors (Lipinski definition) is 6. The van der Waals surface area contributed by atoms with Crippen molar-refractivity contribution >= 4 is 23.5 Å². The van der Waals surface area contributed by atoms with Gasteiger partial charge in [-0.2, -0.15) is 0 Å². The van der Waals surface area contributed by atoms with E-state index in [1.165, 1.54) is 12.1 Å². The van der Waals surface area contributed by atoms with E-state index in [1.54, 1.807) is 88.4 Å². The Kier molecular flexibility index (Phi) is 7.63. The molecule has 0 aromatic heterocycles. The van der Waals surface area contributed by atoms with Crippen LogP contribution in [0.5, 0.6) is 0 Å². The lowest BCUT2D eigenvalue weighted by molar-refractivity contribution is -0.187. The van der Waals surface area contributed by atoms with Crippen molar-refractivity contribution in [2.24, 2.45) is 0 Å². The molecule has 6 nitrogen and oxygen atoms in total. The molecular weight excluding hydrogens is 480 g/mol. The summed E-state index contributed by atoms with van der Waals surface area (Å²) in [6.45, 7) is 6.93. The number of aryl methyl sites for hydroxylation is 4. The lowest BCUT2D eigenvalue weighted by atomic mass is 9.93. The number of rotatable bonds is 6. The number of ketones is 2. The highest BCUT2D eigenvalue weighted by atomic mass is 17.2. The van der Waals surface area contributed by atoms with Gasteiger partial charge in [-0.15, -0.1) is 0 Å². The summed E-state index contributed by atoms with van der Waals surface area (Å²) in [4.78, 5) is 62.6. The Morgan fingerprint density at radius 2 is 0.737 bits per heavy atom. The Labute approximate surface area is 220 Å². The van der Waals surface area contributed by atoms with E-state index in [2.05, 4.69) is 0 Å². The quantitative estimate of drug-likeness (QED) is 0.173. The minimum absolute atomic E-state index is 0.00505. The number of carbonyl (C=O) groups excluding carboxylic acids is 4. The predicted octanol–water partition coefficient (Wildman–Crippen LogP) is 6.31. The molecule has 0 aliphatic carbocycles. The second-order valence-corrected chi connectivity index (χ2v) is 9.02. The van der Waals surface area contributed by atoms with Crippen molar-refractivity contribution in [3.8, 4) is 0 Å². The van der Waals surface area contributed by atoms with Crippen LogP contribution in [-0.2, 0) is 9.78 Å². The van der Waals surface area contributed by atoms with Crippen LogP contribution in [0, 0.1) is 27.7 Å². The Morgan fingerprint density at radius 1 is 0.421 bits per heavy atom. The summed E-state index contributed by atoms with van der Waals surface area (Å²) in [5.41, 5.74) is 3.63. The van der Waals surface area contributed by atoms with Gasteiger partial charge in [0.1, 0.15) is 0 Å². The average molecular weight is 507 g/mol. The molecule has 0 unspecified atom stereocenters. The molecule has 6 heteroatoms. The van der Waals surface area contributed by atoms with Crippen molar-refractivity contribution in [3.05, 3.63) is 141 Å². The fourth-order valence-electron chi connectivity index (χ4n) is 4.36.